The Hall–Kier alpha value is -2.56. The number of allylic oxidation sites excluding steroid dienone is 2. The molecule has 0 aliphatic rings. The van der Waals surface area contributed by atoms with E-state index in [9.17, 15) is 9.59 Å². The van der Waals surface area contributed by atoms with E-state index in [4.69, 9.17) is 14.2 Å². The van der Waals surface area contributed by atoms with Crippen LogP contribution in [0.3, 0.4) is 0 Å². The number of aryl methyl sites for hydroxylation is 1. The van der Waals surface area contributed by atoms with Crippen LogP contribution in [0.1, 0.15) is 38.3 Å². The van der Waals surface area contributed by atoms with Crippen LogP contribution in [0.4, 0.5) is 0 Å². The zero-order valence-electron chi connectivity index (χ0n) is 16.2. The Morgan fingerprint density at radius 2 is 1.81 bits per heavy atom. The van der Waals surface area contributed by atoms with Gasteiger partial charge in [-0.3, -0.25) is 4.79 Å². The molecule has 0 spiro atoms. The monoisotopic (exact) mass is 360 g/mol. The molecule has 0 amide bonds. The maximum Gasteiger partial charge on any atom is 0.330 e. The lowest BCUT2D eigenvalue weighted by atomic mass is 9.91. The summed E-state index contributed by atoms with van der Waals surface area (Å²) in [6.45, 7) is 7.65. The molecular weight excluding hydrogens is 332 g/mol. The van der Waals surface area contributed by atoms with Crippen LogP contribution in [0, 0.1) is 12.3 Å². The molecule has 0 unspecified atom stereocenters. The van der Waals surface area contributed by atoms with Crippen molar-refractivity contribution in [1.29, 1.82) is 0 Å². The number of hydrogen-bond acceptors (Lipinski definition) is 5. The van der Waals surface area contributed by atoms with Gasteiger partial charge in [-0.25, -0.2) is 4.79 Å². The summed E-state index contributed by atoms with van der Waals surface area (Å²) >= 11 is 0. The van der Waals surface area contributed by atoms with E-state index in [0.29, 0.717) is 6.42 Å². The van der Waals surface area contributed by atoms with E-state index < -0.39 is 11.4 Å². The molecule has 1 aromatic rings. The van der Waals surface area contributed by atoms with Gasteiger partial charge >= 0.3 is 11.9 Å². The van der Waals surface area contributed by atoms with Gasteiger partial charge in [0.25, 0.3) is 0 Å². The predicted molar refractivity (Wildman–Crippen MR) is 102 cm³/mol. The first-order valence-electron chi connectivity index (χ1n) is 8.63. The Labute approximate surface area is 155 Å². The zero-order valence-corrected chi connectivity index (χ0v) is 16.2. The molecule has 0 bridgehead atoms. The van der Waals surface area contributed by atoms with E-state index in [2.05, 4.69) is 0 Å². The average Bonchev–Trinajstić information content (AvgIpc) is 2.63. The fourth-order valence-corrected chi connectivity index (χ4v) is 1.88. The lowest BCUT2D eigenvalue weighted by Crippen LogP contribution is -2.27. The van der Waals surface area contributed by atoms with Gasteiger partial charge in [0.2, 0.25) is 0 Å². The molecule has 1 rings (SSSR count). The molecular formula is C21H28O5. The second-order valence-electron chi connectivity index (χ2n) is 6.48. The first-order valence-corrected chi connectivity index (χ1v) is 8.63. The molecule has 5 nitrogen and oxygen atoms in total. The molecule has 0 atom stereocenters. The average molecular weight is 360 g/mol. The summed E-state index contributed by atoms with van der Waals surface area (Å²) in [6.07, 6.45) is 7.26. The number of benzene rings is 1. The van der Waals surface area contributed by atoms with Gasteiger partial charge in [-0.2, -0.15) is 0 Å². The van der Waals surface area contributed by atoms with Crippen molar-refractivity contribution in [2.45, 2.75) is 34.1 Å². The molecule has 5 heteroatoms. The molecule has 142 valence electrons. The Morgan fingerprint density at radius 1 is 1.12 bits per heavy atom. The zero-order chi connectivity index (χ0) is 19.6. The summed E-state index contributed by atoms with van der Waals surface area (Å²) in [6, 6.07) is 5.79. The topological polar surface area (TPSA) is 61.8 Å². The molecule has 1 aromatic carbocycles. The van der Waals surface area contributed by atoms with Gasteiger partial charge in [0.05, 0.1) is 12.5 Å². The Balaban J connectivity index is 2.38. The Bertz CT molecular complexity index is 671. The van der Waals surface area contributed by atoms with Crippen LogP contribution >= 0.6 is 0 Å². The van der Waals surface area contributed by atoms with Crippen LogP contribution in [0.5, 0.6) is 5.75 Å². The summed E-state index contributed by atoms with van der Waals surface area (Å²) in [5, 5.41) is 0. The van der Waals surface area contributed by atoms with Crippen molar-refractivity contribution in [2.75, 3.05) is 20.3 Å². The van der Waals surface area contributed by atoms with E-state index in [1.807, 2.05) is 52.0 Å². The molecule has 26 heavy (non-hydrogen) atoms. The highest BCUT2D eigenvalue weighted by Crippen LogP contribution is 2.21. The van der Waals surface area contributed by atoms with Gasteiger partial charge in [-0.15, -0.1) is 0 Å². The van der Waals surface area contributed by atoms with E-state index >= 15 is 0 Å². The van der Waals surface area contributed by atoms with Crippen molar-refractivity contribution in [1.82, 2.24) is 0 Å². The number of ether oxygens (including phenoxy) is 3. The van der Waals surface area contributed by atoms with Gasteiger partial charge in [-0.05, 0) is 50.5 Å². The van der Waals surface area contributed by atoms with Crippen LogP contribution < -0.4 is 4.74 Å². The molecule has 0 saturated carbocycles. The van der Waals surface area contributed by atoms with E-state index in [1.165, 1.54) is 6.08 Å². The van der Waals surface area contributed by atoms with E-state index in [-0.39, 0.29) is 19.2 Å². The first kappa shape index (κ1) is 21.5. The molecule has 0 saturated heterocycles. The van der Waals surface area contributed by atoms with Gasteiger partial charge in [0, 0.05) is 6.08 Å². The van der Waals surface area contributed by atoms with Gasteiger partial charge < -0.3 is 14.2 Å². The van der Waals surface area contributed by atoms with Gasteiger partial charge in [-0.1, -0.05) is 31.2 Å². The van der Waals surface area contributed by atoms with Crippen molar-refractivity contribution < 1.29 is 23.8 Å². The largest absolute Gasteiger partial charge is 0.497 e. The smallest absolute Gasteiger partial charge is 0.330 e. The normalized spacial score (nSPS) is 11.7. The molecule has 0 N–H and O–H groups in total. The molecule has 0 aliphatic carbocycles. The fourth-order valence-electron chi connectivity index (χ4n) is 1.88. The summed E-state index contributed by atoms with van der Waals surface area (Å²) in [5.41, 5.74) is 1.59. The standard InChI is InChI=1S/C21H28O5/c1-6-21(3,4)20(23)26-14-13-25-19(22)10-8-7-9-17-15-18(24-5)12-11-16(17)2/h7-12,15H,6,13-14H2,1-5H3/b9-7+,10-8+. The molecule has 0 radical (unpaired) electrons. The van der Waals surface area contributed by atoms with Crippen LogP contribution in [0.15, 0.2) is 36.4 Å². The maximum atomic E-state index is 11.8. The Kier molecular flexibility index (Phi) is 8.62. The molecule has 0 fully saturated rings. The summed E-state index contributed by atoms with van der Waals surface area (Å²) in [7, 11) is 1.62. The van der Waals surface area contributed by atoms with Crippen LogP contribution in [0.2, 0.25) is 0 Å². The van der Waals surface area contributed by atoms with Gasteiger partial charge in [0.15, 0.2) is 0 Å². The highest BCUT2D eigenvalue weighted by atomic mass is 16.6. The number of carbonyl (C=O) groups is 2. The lowest BCUT2D eigenvalue weighted by Gasteiger charge is -2.20. The summed E-state index contributed by atoms with van der Waals surface area (Å²) < 4.78 is 15.3. The van der Waals surface area contributed by atoms with Crippen LogP contribution in [-0.4, -0.2) is 32.3 Å². The summed E-state index contributed by atoms with van der Waals surface area (Å²) in [5.74, 6) is 0.00503. The third-order valence-electron chi connectivity index (χ3n) is 4.10. The minimum atomic E-state index is -0.521. The SMILES string of the molecule is CCC(C)(C)C(=O)OCCOC(=O)/C=C/C=C/c1cc(OC)ccc1C. The van der Waals surface area contributed by atoms with Crippen molar-refractivity contribution in [3.05, 3.63) is 47.6 Å². The quantitative estimate of drug-likeness (QED) is 0.287. The highest BCUT2D eigenvalue weighted by molar-refractivity contribution is 5.82. The lowest BCUT2D eigenvalue weighted by molar-refractivity contribution is -0.157. The number of rotatable bonds is 9. The second-order valence-corrected chi connectivity index (χ2v) is 6.48. The van der Waals surface area contributed by atoms with E-state index in [1.54, 1.807) is 19.3 Å². The fraction of sp³-hybridized carbons (Fsp3) is 0.429. The number of hydrogen-bond donors (Lipinski definition) is 0. The second kappa shape index (κ2) is 10.4. The minimum Gasteiger partial charge on any atom is -0.497 e. The number of carbonyl (C=O) groups excluding carboxylic acids is 2. The molecule has 0 heterocycles. The first-order chi connectivity index (χ1) is 12.3. The van der Waals surface area contributed by atoms with E-state index in [0.717, 1.165) is 16.9 Å². The third kappa shape index (κ3) is 7.13. The van der Waals surface area contributed by atoms with Gasteiger partial charge in [0.1, 0.15) is 19.0 Å². The van der Waals surface area contributed by atoms with Crippen molar-refractivity contribution >= 4 is 18.0 Å². The van der Waals surface area contributed by atoms with Crippen molar-refractivity contribution in [3.63, 3.8) is 0 Å². The minimum absolute atomic E-state index is 0.0351. The predicted octanol–water partition coefficient (Wildman–Crippen LogP) is 4.10. The molecule has 0 aliphatic heterocycles. The van der Waals surface area contributed by atoms with Crippen LogP contribution in [0.25, 0.3) is 6.08 Å². The maximum absolute atomic E-state index is 11.8. The highest BCUT2D eigenvalue weighted by Gasteiger charge is 2.26. The van der Waals surface area contributed by atoms with Crippen LogP contribution in [-0.2, 0) is 19.1 Å². The number of methoxy groups -OCH3 is 1. The third-order valence-corrected chi connectivity index (χ3v) is 4.10. The molecule has 0 aromatic heterocycles. The summed E-state index contributed by atoms with van der Waals surface area (Å²) in [4.78, 5) is 23.4. The van der Waals surface area contributed by atoms with Crippen molar-refractivity contribution in [3.8, 4) is 5.75 Å². The Morgan fingerprint density at radius 3 is 2.46 bits per heavy atom. The van der Waals surface area contributed by atoms with Crippen molar-refractivity contribution in [2.24, 2.45) is 5.41 Å². The number of esters is 2.